The van der Waals surface area contributed by atoms with Crippen LogP contribution in [0.15, 0.2) is 0 Å². The van der Waals surface area contributed by atoms with Crippen LogP contribution in [0.1, 0.15) is 65.2 Å². The average Bonchev–Trinajstić information content (AvgIpc) is 3.20. The number of hydrogen-bond donors (Lipinski definition) is 1. The van der Waals surface area contributed by atoms with E-state index in [1.54, 1.807) is 0 Å². The molecule has 0 radical (unpaired) electrons. The molecule has 2 aliphatic rings. The van der Waals surface area contributed by atoms with Crippen molar-refractivity contribution in [1.82, 2.24) is 4.90 Å². The third kappa shape index (κ3) is 3.71. The molecule has 18 heavy (non-hydrogen) atoms. The van der Waals surface area contributed by atoms with Gasteiger partial charge in [0.05, 0.1) is 0 Å². The number of nitrogens with zero attached hydrogens (tertiary/aromatic N) is 1. The van der Waals surface area contributed by atoms with Crippen molar-refractivity contribution in [2.75, 3.05) is 13.1 Å². The normalized spacial score (nSPS) is 30.7. The molecule has 0 saturated heterocycles. The summed E-state index contributed by atoms with van der Waals surface area (Å²) in [4.78, 5) is 2.78. The van der Waals surface area contributed by atoms with E-state index in [9.17, 15) is 0 Å². The van der Waals surface area contributed by atoms with Gasteiger partial charge < -0.3 is 5.73 Å². The SMILES string of the molecule is CCCCN(C1CC1)C(CN)C1CCC(C)CC1. The van der Waals surface area contributed by atoms with Crippen molar-refractivity contribution in [2.45, 2.75) is 77.3 Å². The molecule has 0 aromatic heterocycles. The molecular weight excluding hydrogens is 220 g/mol. The third-order valence-corrected chi connectivity index (χ3v) is 5.06. The summed E-state index contributed by atoms with van der Waals surface area (Å²) >= 11 is 0. The Morgan fingerprint density at radius 3 is 2.28 bits per heavy atom. The van der Waals surface area contributed by atoms with Crippen molar-refractivity contribution < 1.29 is 0 Å². The Morgan fingerprint density at radius 1 is 1.11 bits per heavy atom. The van der Waals surface area contributed by atoms with Crippen molar-refractivity contribution >= 4 is 0 Å². The standard InChI is InChI=1S/C16H32N2/c1-3-4-11-18(15-9-10-15)16(12-17)14-7-5-13(2)6-8-14/h13-16H,3-12,17H2,1-2H3. The summed E-state index contributed by atoms with van der Waals surface area (Å²) in [6, 6.07) is 1.56. The van der Waals surface area contributed by atoms with Gasteiger partial charge in [-0.25, -0.2) is 0 Å². The van der Waals surface area contributed by atoms with E-state index in [2.05, 4.69) is 18.7 Å². The first kappa shape index (κ1) is 14.3. The minimum Gasteiger partial charge on any atom is -0.329 e. The Labute approximate surface area is 113 Å². The van der Waals surface area contributed by atoms with Crippen LogP contribution < -0.4 is 5.73 Å². The molecule has 0 aromatic carbocycles. The van der Waals surface area contributed by atoms with Crippen LogP contribution in [-0.2, 0) is 0 Å². The lowest BCUT2D eigenvalue weighted by Crippen LogP contribution is -2.48. The van der Waals surface area contributed by atoms with Gasteiger partial charge in [0.25, 0.3) is 0 Å². The quantitative estimate of drug-likeness (QED) is 0.752. The van der Waals surface area contributed by atoms with Gasteiger partial charge in [0, 0.05) is 18.6 Å². The number of rotatable bonds is 7. The van der Waals surface area contributed by atoms with E-state index in [1.807, 2.05) is 0 Å². The first-order valence-corrected chi connectivity index (χ1v) is 8.22. The van der Waals surface area contributed by atoms with E-state index in [4.69, 9.17) is 5.73 Å². The molecular formula is C16H32N2. The van der Waals surface area contributed by atoms with Crippen molar-refractivity contribution in [1.29, 1.82) is 0 Å². The van der Waals surface area contributed by atoms with Gasteiger partial charge in [0.2, 0.25) is 0 Å². The van der Waals surface area contributed by atoms with Crippen LogP contribution in [0, 0.1) is 11.8 Å². The van der Waals surface area contributed by atoms with E-state index in [1.165, 1.54) is 57.9 Å². The molecule has 0 bridgehead atoms. The highest BCUT2D eigenvalue weighted by Gasteiger charge is 2.37. The highest BCUT2D eigenvalue weighted by molar-refractivity contribution is 4.92. The number of unbranched alkanes of at least 4 members (excludes halogenated alkanes) is 1. The smallest absolute Gasteiger partial charge is 0.0249 e. The average molecular weight is 252 g/mol. The molecule has 2 rings (SSSR count). The van der Waals surface area contributed by atoms with Gasteiger partial charge in [0.15, 0.2) is 0 Å². The van der Waals surface area contributed by atoms with Gasteiger partial charge in [-0.1, -0.05) is 33.1 Å². The fraction of sp³-hybridized carbons (Fsp3) is 1.00. The van der Waals surface area contributed by atoms with E-state index in [0.717, 1.165) is 24.4 Å². The predicted octanol–water partition coefficient (Wildman–Crippen LogP) is 3.40. The van der Waals surface area contributed by atoms with Crippen LogP contribution in [0.3, 0.4) is 0 Å². The molecule has 0 heterocycles. The zero-order valence-corrected chi connectivity index (χ0v) is 12.4. The maximum Gasteiger partial charge on any atom is 0.0249 e. The molecule has 2 nitrogen and oxygen atoms in total. The van der Waals surface area contributed by atoms with Crippen molar-refractivity contribution in [3.8, 4) is 0 Å². The van der Waals surface area contributed by atoms with Gasteiger partial charge in [-0.15, -0.1) is 0 Å². The van der Waals surface area contributed by atoms with Gasteiger partial charge in [-0.2, -0.15) is 0 Å². The van der Waals surface area contributed by atoms with Crippen molar-refractivity contribution in [2.24, 2.45) is 17.6 Å². The Kier molecular flexibility index (Phi) is 5.50. The van der Waals surface area contributed by atoms with Crippen molar-refractivity contribution in [3.63, 3.8) is 0 Å². The van der Waals surface area contributed by atoms with E-state index in [-0.39, 0.29) is 0 Å². The lowest BCUT2D eigenvalue weighted by molar-refractivity contribution is 0.103. The summed E-state index contributed by atoms with van der Waals surface area (Å²) in [5.41, 5.74) is 6.13. The molecule has 2 heteroatoms. The molecule has 0 spiro atoms. The van der Waals surface area contributed by atoms with Crippen LogP contribution in [0.4, 0.5) is 0 Å². The second-order valence-corrected chi connectivity index (χ2v) is 6.65. The van der Waals surface area contributed by atoms with Crippen LogP contribution in [0.5, 0.6) is 0 Å². The Hall–Kier alpha value is -0.0800. The molecule has 2 N–H and O–H groups in total. The Balaban J connectivity index is 1.91. The molecule has 106 valence electrons. The fourth-order valence-electron chi connectivity index (χ4n) is 3.64. The molecule has 0 aromatic rings. The summed E-state index contributed by atoms with van der Waals surface area (Å²) < 4.78 is 0. The molecule has 2 saturated carbocycles. The Morgan fingerprint density at radius 2 is 1.78 bits per heavy atom. The Bertz CT molecular complexity index is 229. The highest BCUT2D eigenvalue weighted by atomic mass is 15.2. The largest absolute Gasteiger partial charge is 0.329 e. The highest BCUT2D eigenvalue weighted by Crippen LogP contribution is 2.36. The first-order chi connectivity index (χ1) is 8.76. The molecule has 1 atom stereocenters. The fourth-order valence-corrected chi connectivity index (χ4v) is 3.64. The minimum absolute atomic E-state index is 0.677. The molecule has 2 fully saturated rings. The molecule has 2 aliphatic carbocycles. The lowest BCUT2D eigenvalue weighted by Gasteiger charge is -2.39. The van der Waals surface area contributed by atoms with E-state index < -0.39 is 0 Å². The van der Waals surface area contributed by atoms with Crippen LogP contribution >= 0.6 is 0 Å². The number of nitrogens with two attached hydrogens (primary N) is 1. The van der Waals surface area contributed by atoms with Crippen LogP contribution in [0.2, 0.25) is 0 Å². The van der Waals surface area contributed by atoms with Crippen LogP contribution in [0.25, 0.3) is 0 Å². The second kappa shape index (κ2) is 6.91. The summed E-state index contributed by atoms with van der Waals surface area (Å²) in [5, 5.41) is 0. The summed E-state index contributed by atoms with van der Waals surface area (Å²) in [5.74, 6) is 1.83. The molecule has 1 unspecified atom stereocenters. The molecule has 0 aliphatic heterocycles. The topological polar surface area (TPSA) is 29.3 Å². The van der Waals surface area contributed by atoms with Gasteiger partial charge in [-0.05, 0) is 50.5 Å². The summed E-state index contributed by atoms with van der Waals surface area (Å²) in [6.07, 6.45) is 11.2. The predicted molar refractivity (Wildman–Crippen MR) is 78.6 cm³/mol. The minimum atomic E-state index is 0.677. The summed E-state index contributed by atoms with van der Waals surface area (Å²) in [6.45, 7) is 6.86. The monoisotopic (exact) mass is 252 g/mol. The van der Waals surface area contributed by atoms with Crippen molar-refractivity contribution in [3.05, 3.63) is 0 Å². The maximum absolute atomic E-state index is 6.13. The summed E-state index contributed by atoms with van der Waals surface area (Å²) in [7, 11) is 0. The second-order valence-electron chi connectivity index (χ2n) is 6.65. The van der Waals surface area contributed by atoms with Crippen LogP contribution in [-0.4, -0.2) is 30.1 Å². The van der Waals surface area contributed by atoms with E-state index >= 15 is 0 Å². The third-order valence-electron chi connectivity index (χ3n) is 5.06. The van der Waals surface area contributed by atoms with Gasteiger partial charge in [0.1, 0.15) is 0 Å². The number of hydrogen-bond acceptors (Lipinski definition) is 2. The first-order valence-electron chi connectivity index (χ1n) is 8.22. The van der Waals surface area contributed by atoms with Gasteiger partial charge >= 0.3 is 0 Å². The maximum atomic E-state index is 6.13. The van der Waals surface area contributed by atoms with Gasteiger partial charge in [-0.3, -0.25) is 4.90 Å². The molecule has 0 amide bonds. The van der Waals surface area contributed by atoms with E-state index in [0.29, 0.717) is 6.04 Å². The zero-order valence-electron chi connectivity index (χ0n) is 12.4. The lowest BCUT2D eigenvalue weighted by atomic mass is 9.78. The zero-order chi connectivity index (χ0) is 13.0.